The van der Waals surface area contributed by atoms with Crippen LogP contribution in [-0.2, 0) is 4.74 Å². The number of amides is 1. The molecule has 0 saturated carbocycles. The van der Waals surface area contributed by atoms with Gasteiger partial charge in [-0.25, -0.2) is 4.79 Å². The molecule has 1 fully saturated rings. The molecular weight excluding hydrogens is 384 g/mol. The van der Waals surface area contributed by atoms with E-state index in [-0.39, 0.29) is 12.1 Å². The van der Waals surface area contributed by atoms with E-state index in [4.69, 9.17) is 9.73 Å². The lowest BCUT2D eigenvalue weighted by Gasteiger charge is -2.38. The predicted molar refractivity (Wildman–Crippen MR) is 117 cm³/mol. The third-order valence-corrected chi connectivity index (χ3v) is 6.03. The zero-order chi connectivity index (χ0) is 20.4. The average Bonchev–Trinajstić information content (AvgIpc) is 3.11. The van der Waals surface area contributed by atoms with Gasteiger partial charge in [0.15, 0.2) is 0 Å². The SMILES string of the molecule is CC(C)(C)OC(=O)N1C=CC(N2CCNCC2)C2=NCC(Sc3ccccc3)=C21. The Morgan fingerprint density at radius 1 is 1.21 bits per heavy atom. The number of hydrogen-bond acceptors (Lipinski definition) is 6. The van der Waals surface area contributed by atoms with Crippen LogP contribution in [0.15, 0.2) is 63.1 Å². The van der Waals surface area contributed by atoms with Crippen molar-refractivity contribution >= 4 is 23.6 Å². The third kappa shape index (κ3) is 4.57. The lowest BCUT2D eigenvalue weighted by molar-refractivity contribution is 0.0386. The summed E-state index contributed by atoms with van der Waals surface area (Å²) in [6.45, 7) is 10.1. The Balaban J connectivity index is 1.67. The summed E-state index contributed by atoms with van der Waals surface area (Å²) in [5, 5.41) is 3.40. The number of carbonyl (C=O) groups is 1. The van der Waals surface area contributed by atoms with E-state index in [1.807, 2.05) is 45.2 Å². The molecule has 3 heterocycles. The van der Waals surface area contributed by atoms with Crippen LogP contribution >= 0.6 is 11.8 Å². The van der Waals surface area contributed by atoms with Gasteiger partial charge in [0.2, 0.25) is 0 Å². The van der Waals surface area contributed by atoms with Gasteiger partial charge in [-0.1, -0.05) is 30.0 Å². The smallest absolute Gasteiger partial charge is 0.419 e. The first-order valence-electron chi connectivity index (χ1n) is 10.1. The number of fused-ring (bicyclic) bond motifs is 1. The topological polar surface area (TPSA) is 57.2 Å². The third-order valence-electron chi connectivity index (χ3n) is 4.96. The largest absolute Gasteiger partial charge is 0.443 e. The number of thioether (sulfide) groups is 1. The molecule has 0 radical (unpaired) electrons. The number of rotatable bonds is 3. The Morgan fingerprint density at radius 2 is 1.93 bits per heavy atom. The summed E-state index contributed by atoms with van der Waals surface area (Å²) in [4.78, 5) is 24.1. The first-order valence-corrected chi connectivity index (χ1v) is 10.9. The normalized spacial score (nSPS) is 22.5. The lowest BCUT2D eigenvalue weighted by Crippen LogP contribution is -2.53. The highest BCUT2D eigenvalue weighted by Gasteiger charge is 2.39. The molecule has 1 aromatic carbocycles. The number of aliphatic imine (C=N–C) groups is 1. The zero-order valence-electron chi connectivity index (χ0n) is 17.2. The molecule has 6 nitrogen and oxygen atoms in total. The number of benzene rings is 1. The molecular formula is C22H28N4O2S. The summed E-state index contributed by atoms with van der Waals surface area (Å²) < 4.78 is 5.68. The molecule has 1 unspecified atom stereocenters. The zero-order valence-corrected chi connectivity index (χ0v) is 18.0. The number of piperazine rings is 1. The molecule has 1 saturated heterocycles. The Bertz CT molecular complexity index is 851. The van der Waals surface area contributed by atoms with E-state index in [1.54, 1.807) is 16.7 Å². The van der Waals surface area contributed by atoms with Crippen LogP contribution < -0.4 is 5.32 Å². The molecule has 1 amide bonds. The van der Waals surface area contributed by atoms with Crippen molar-refractivity contribution in [3.8, 4) is 0 Å². The van der Waals surface area contributed by atoms with Crippen LogP contribution in [0.25, 0.3) is 0 Å². The molecule has 1 aromatic rings. The van der Waals surface area contributed by atoms with Gasteiger partial charge in [-0.05, 0) is 39.0 Å². The van der Waals surface area contributed by atoms with Gasteiger partial charge in [0.1, 0.15) is 5.60 Å². The second kappa shape index (κ2) is 8.34. The van der Waals surface area contributed by atoms with Crippen LogP contribution in [0.1, 0.15) is 20.8 Å². The van der Waals surface area contributed by atoms with Gasteiger partial charge in [0.25, 0.3) is 0 Å². The average molecular weight is 413 g/mol. The van der Waals surface area contributed by atoms with Crippen LogP contribution in [0.5, 0.6) is 0 Å². The first-order chi connectivity index (χ1) is 13.9. The first kappa shape index (κ1) is 20.2. The molecule has 1 N–H and O–H groups in total. The van der Waals surface area contributed by atoms with Gasteiger partial charge in [-0.2, -0.15) is 0 Å². The number of hydrogen-bond donors (Lipinski definition) is 1. The van der Waals surface area contributed by atoms with Gasteiger partial charge in [-0.3, -0.25) is 14.8 Å². The quantitative estimate of drug-likeness (QED) is 0.824. The Morgan fingerprint density at radius 3 is 2.62 bits per heavy atom. The van der Waals surface area contributed by atoms with Gasteiger partial charge < -0.3 is 10.1 Å². The number of nitrogens with zero attached hydrogens (tertiary/aromatic N) is 3. The molecule has 4 rings (SSSR count). The van der Waals surface area contributed by atoms with Crippen molar-refractivity contribution < 1.29 is 9.53 Å². The predicted octanol–water partition coefficient (Wildman–Crippen LogP) is 3.48. The maximum absolute atomic E-state index is 13.0. The molecule has 1 atom stereocenters. The van der Waals surface area contributed by atoms with Crippen molar-refractivity contribution in [2.45, 2.75) is 37.3 Å². The Kier molecular flexibility index (Phi) is 5.81. The standard InChI is InChI=1S/C22H28N4O2S/c1-22(2,3)28-21(27)26-12-9-17(25-13-10-23-11-14-25)19-20(26)18(15-24-19)29-16-7-5-4-6-8-16/h4-9,12,17,23H,10-11,13-15H2,1-3H3. The van der Waals surface area contributed by atoms with E-state index in [9.17, 15) is 4.79 Å². The van der Waals surface area contributed by atoms with Crippen LogP contribution in [0.3, 0.4) is 0 Å². The van der Waals surface area contributed by atoms with Crippen molar-refractivity contribution in [3.05, 3.63) is 53.2 Å². The van der Waals surface area contributed by atoms with Crippen LogP contribution in [0.2, 0.25) is 0 Å². The van der Waals surface area contributed by atoms with Gasteiger partial charge in [0.05, 0.1) is 24.0 Å². The van der Waals surface area contributed by atoms with Crippen molar-refractivity contribution in [2.75, 3.05) is 32.7 Å². The fourth-order valence-corrected chi connectivity index (χ4v) is 4.71. The second-order valence-corrected chi connectivity index (χ2v) is 9.48. The second-order valence-electron chi connectivity index (χ2n) is 8.31. The highest BCUT2D eigenvalue weighted by Crippen LogP contribution is 2.38. The summed E-state index contributed by atoms with van der Waals surface area (Å²) in [5.74, 6) is 0. The molecule has 29 heavy (non-hydrogen) atoms. The maximum Gasteiger partial charge on any atom is 0.419 e. The van der Waals surface area contributed by atoms with E-state index in [0.29, 0.717) is 6.54 Å². The molecule has 3 aliphatic rings. The van der Waals surface area contributed by atoms with E-state index in [0.717, 1.165) is 47.4 Å². The number of nitrogens with one attached hydrogen (secondary N) is 1. The molecule has 0 bridgehead atoms. The fourth-order valence-electron chi connectivity index (χ4n) is 3.70. The van der Waals surface area contributed by atoms with Crippen LogP contribution in [0.4, 0.5) is 4.79 Å². The van der Waals surface area contributed by atoms with Crippen molar-refractivity contribution in [1.29, 1.82) is 0 Å². The molecule has 7 heteroatoms. The van der Waals surface area contributed by atoms with Gasteiger partial charge in [0, 0.05) is 42.2 Å². The van der Waals surface area contributed by atoms with Crippen molar-refractivity contribution in [3.63, 3.8) is 0 Å². The number of ether oxygens (including phenoxy) is 1. The fraction of sp³-hybridized carbons (Fsp3) is 0.455. The van der Waals surface area contributed by atoms with Gasteiger partial charge in [-0.15, -0.1) is 0 Å². The van der Waals surface area contributed by atoms with E-state index in [2.05, 4.69) is 28.4 Å². The summed E-state index contributed by atoms with van der Waals surface area (Å²) in [5.41, 5.74) is 1.31. The van der Waals surface area contributed by atoms with Crippen molar-refractivity contribution in [1.82, 2.24) is 15.1 Å². The minimum atomic E-state index is -0.552. The summed E-state index contributed by atoms with van der Waals surface area (Å²) >= 11 is 1.68. The molecule has 0 aromatic heterocycles. The monoisotopic (exact) mass is 412 g/mol. The molecule has 3 aliphatic heterocycles. The Labute approximate surface area is 176 Å². The summed E-state index contributed by atoms with van der Waals surface area (Å²) in [7, 11) is 0. The van der Waals surface area contributed by atoms with Gasteiger partial charge >= 0.3 is 6.09 Å². The summed E-state index contributed by atoms with van der Waals surface area (Å²) in [6.07, 6.45) is 3.59. The minimum Gasteiger partial charge on any atom is -0.443 e. The minimum absolute atomic E-state index is 0.0969. The van der Waals surface area contributed by atoms with Crippen LogP contribution in [0, 0.1) is 0 Å². The lowest BCUT2D eigenvalue weighted by atomic mass is 10.0. The van der Waals surface area contributed by atoms with E-state index in [1.165, 1.54) is 0 Å². The van der Waals surface area contributed by atoms with E-state index < -0.39 is 5.60 Å². The molecule has 0 spiro atoms. The highest BCUT2D eigenvalue weighted by molar-refractivity contribution is 8.03. The molecule has 0 aliphatic carbocycles. The molecule has 154 valence electrons. The number of carbonyl (C=O) groups excluding carboxylic acids is 1. The maximum atomic E-state index is 13.0. The van der Waals surface area contributed by atoms with Crippen LogP contribution in [-0.4, -0.2) is 66.0 Å². The highest BCUT2D eigenvalue weighted by atomic mass is 32.2. The Hall–Kier alpha value is -2.09. The van der Waals surface area contributed by atoms with Crippen molar-refractivity contribution in [2.24, 2.45) is 4.99 Å². The summed E-state index contributed by atoms with van der Waals surface area (Å²) in [6, 6.07) is 10.3. The van der Waals surface area contributed by atoms with E-state index >= 15 is 0 Å².